The molecule has 0 amide bonds. The largest absolute Gasteiger partial charge is 0.308 e. The number of nitrogens with zero attached hydrogens (tertiary/aromatic N) is 2. The first-order valence-corrected chi connectivity index (χ1v) is 19.6. The van der Waals surface area contributed by atoms with E-state index in [2.05, 4.69) is 173 Å². The molecule has 12 aromatic rings. The second-order valence-corrected chi connectivity index (χ2v) is 15.3. The van der Waals surface area contributed by atoms with Crippen molar-refractivity contribution in [2.45, 2.75) is 0 Å². The summed E-state index contributed by atoms with van der Waals surface area (Å²) in [4.78, 5) is 2.13. The Hall–Kier alpha value is -6.58. The Labute approximate surface area is 333 Å². The molecule has 0 aliphatic rings. The Morgan fingerprint density at radius 3 is 1.14 bits per heavy atom. The molecule has 0 aliphatic carbocycles. The second kappa shape index (κ2) is 13.0. The van der Waals surface area contributed by atoms with Crippen LogP contribution >= 0.6 is 23.2 Å². The number of anilines is 3. The fourth-order valence-electron chi connectivity index (χ4n) is 8.59. The average Bonchev–Trinajstić information content (AvgIpc) is 3.74. The van der Waals surface area contributed by atoms with E-state index in [0.29, 0.717) is 10.0 Å². The van der Waals surface area contributed by atoms with E-state index in [-0.39, 0.29) is 0 Å². The van der Waals surface area contributed by atoms with Crippen molar-refractivity contribution in [3.63, 3.8) is 0 Å². The molecule has 0 fully saturated rings. The van der Waals surface area contributed by atoms with Crippen LogP contribution in [-0.4, -0.2) is 4.40 Å². The minimum atomic E-state index is 0.610. The molecule has 10 aromatic carbocycles. The first-order chi connectivity index (χ1) is 27.6. The van der Waals surface area contributed by atoms with Crippen LogP contribution in [0.5, 0.6) is 0 Å². The molecular weight excluding hydrogens is 723 g/mol. The van der Waals surface area contributed by atoms with Crippen LogP contribution in [0.1, 0.15) is 0 Å². The van der Waals surface area contributed by atoms with E-state index in [9.17, 15) is 0 Å². The number of hydrogen-bond donors (Lipinski definition) is 0. The SMILES string of the molecule is Clc1cccc(Cl)c1N(c1ccc2ccccc2c1)c1ccc2ccccc2c1.c1ccc2cc3c(cc2c1)c1cccc2c4cc5ccccc5cc4n3c12. The van der Waals surface area contributed by atoms with Crippen LogP contribution in [0.3, 0.4) is 0 Å². The summed E-state index contributed by atoms with van der Waals surface area (Å²) >= 11 is 13.3. The molecule has 0 saturated carbocycles. The first-order valence-electron chi connectivity index (χ1n) is 18.8. The molecule has 0 spiro atoms. The lowest BCUT2D eigenvalue weighted by Crippen LogP contribution is -2.11. The van der Waals surface area contributed by atoms with E-state index in [4.69, 9.17) is 23.2 Å². The van der Waals surface area contributed by atoms with Crippen molar-refractivity contribution in [2.75, 3.05) is 4.90 Å². The third-order valence-electron chi connectivity index (χ3n) is 11.2. The van der Waals surface area contributed by atoms with E-state index in [1.54, 1.807) is 0 Å². The topological polar surface area (TPSA) is 7.65 Å². The summed E-state index contributed by atoms with van der Waals surface area (Å²) in [6, 6.07) is 68.5. The van der Waals surface area contributed by atoms with Gasteiger partial charge < -0.3 is 9.30 Å². The number of fused-ring (bicyclic) bond motifs is 10. The number of benzene rings is 10. The molecule has 0 radical (unpaired) electrons. The fraction of sp³-hybridized carbons (Fsp3) is 0. The Morgan fingerprint density at radius 1 is 0.321 bits per heavy atom. The van der Waals surface area contributed by atoms with E-state index >= 15 is 0 Å². The molecule has 0 aliphatic heterocycles. The minimum absolute atomic E-state index is 0.610. The van der Waals surface area contributed by atoms with Gasteiger partial charge in [-0.3, -0.25) is 0 Å². The highest BCUT2D eigenvalue weighted by Crippen LogP contribution is 2.45. The molecule has 0 unspecified atom stereocenters. The third kappa shape index (κ3) is 5.26. The first kappa shape index (κ1) is 32.8. The van der Waals surface area contributed by atoms with Gasteiger partial charge in [0.05, 0.1) is 32.3 Å². The summed E-state index contributed by atoms with van der Waals surface area (Å²) in [5, 5.41) is 16.5. The van der Waals surface area contributed by atoms with E-state index in [1.807, 2.05) is 30.3 Å². The predicted octanol–water partition coefficient (Wildman–Crippen LogP) is 15.9. The Kier molecular flexibility index (Phi) is 7.63. The highest BCUT2D eigenvalue weighted by atomic mass is 35.5. The van der Waals surface area contributed by atoms with Crippen LogP contribution in [0.2, 0.25) is 10.0 Å². The summed E-state index contributed by atoms with van der Waals surface area (Å²) in [6.45, 7) is 0. The lowest BCUT2D eigenvalue weighted by Gasteiger charge is -2.28. The van der Waals surface area contributed by atoms with Gasteiger partial charge in [-0.1, -0.05) is 157 Å². The summed E-state index contributed by atoms with van der Waals surface area (Å²) in [6.07, 6.45) is 0. The normalized spacial score (nSPS) is 11.8. The van der Waals surface area contributed by atoms with Crippen molar-refractivity contribution in [3.8, 4) is 0 Å². The molecule has 264 valence electrons. The molecule has 0 N–H and O–H groups in total. The zero-order valence-electron chi connectivity index (χ0n) is 30.1. The lowest BCUT2D eigenvalue weighted by molar-refractivity contribution is 1.29. The molecule has 56 heavy (non-hydrogen) atoms. The maximum absolute atomic E-state index is 6.63. The number of rotatable bonds is 3. The Bertz CT molecular complexity index is 3250. The van der Waals surface area contributed by atoms with Crippen LogP contribution in [0.25, 0.3) is 81.2 Å². The average molecular weight is 756 g/mol. The summed E-state index contributed by atoms with van der Waals surface area (Å²) in [7, 11) is 0. The summed E-state index contributed by atoms with van der Waals surface area (Å²) in [5.41, 5.74) is 6.73. The Morgan fingerprint density at radius 2 is 0.696 bits per heavy atom. The highest BCUT2D eigenvalue weighted by molar-refractivity contribution is 6.39. The van der Waals surface area contributed by atoms with Crippen molar-refractivity contribution in [3.05, 3.63) is 204 Å². The quantitative estimate of drug-likeness (QED) is 0.174. The third-order valence-corrected chi connectivity index (χ3v) is 11.8. The highest BCUT2D eigenvalue weighted by Gasteiger charge is 2.20. The summed E-state index contributed by atoms with van der Waals surface area (Å²) < 4.78 is 2.47. The smallest absolute Gasteiger partial charge is 0.0835 e. The monoisotopic (exact) mass is 754 g/mol. The summed E-state index contributed by atoms with van der Waals surface area (Å²) in [5.74, 6) is 0. The standard InChI is InChI=1S/C26H17Cl2N.C26H15N/c27-24-10-5-11-25(28)26(24)29(22-14-12-18-6-1-3-8-20(18)16-22)23-15-13-19-7-2-4-9-21(19)17-23;1-3-8-18-14-24-22(12-16(18)6-1)20-10-5-11-21-23-13-17-7-2-4-9-19(17)15-25(23)27(24)26(20)21/h1-17H;1-15H. The van der Waals surface area contributed by atoms with Gasteiger partial charge in [0.1, 0.15) is 0 Å². The van der Waals surface area contributed by atoms with Gasteiger partial charge in [0, 0.05) is 32.9 Å². The van der Waals surface area contributed by atoms with Crippen molar-refractivity contribution < 1.29 is 0 Å². The minimum Gasteiger partial charge on any atom is -0.308 e. The van der Waals surface area contributed by atoms with Crippen LogP contribution in [0, 0.1) is 0 Å². The van der Waals surface area contributed by atoms with Crippen LogP contribution in [0.4, 0.5) is 17.1 Å². The number of halogens is 2. The van der Waals surface area contributed by atoms with E-state index in [1.165, 1.54) is 81.2 Å². The van der Waals surface area contributed by atoms with Crippen LogP contribution in [-0.2, 0) is 0 Å². The molecule has 2 heterocycles. The predicted molar refractivity (Wildman–Crippen MR) is 242 cm³/mol. The zero-order valence-corrected chi connectivity index (χ0v) is 31.6. The van der Waals surface area contributed by atoms with Gasteiger partial charge in [-0.15, -0.1) is 0 Å². The van der Waals surface area contributed by atoms with E-state index < -0.39 is 0 Å². The lowest BCUT2D eigenvalue weighted by atomic mass is 10.0. The fourth-order valence-corrected chi connectivity index (χ4v) is 9.16. The van der Waals surface area contributed by atoms with Crippen molar-refractivity contribution in [1.29, 1.82) is 0 Å². The molecular formula is C52H32Cl2N2. The van der Waals surface area contributed by atoms with Crippen molar-refractivity contribution in [1.82, 2.24) is 4.40 Å². The van der Waals surface area contributed by atoms with Gasteiger partial charge in [0.2, 0.25) is 0 Å². The van der Waals surface area contributed by atoms with E-state index in [0.717, 1.165) is 17.1 Å². The maximum Gasteiger partial charge on any atom is 0.0835 e. The van der Waals surface area contributed by atoms with Crippen molar-refractivity contribution in [2.24, 2.45) is 0 Å². The van der Waals surface area contributed by atoms with Gasteiger partial charge in [-0.2, -0.15) is 0 Å². The number of hydrogen-bond acceptors (Lipinski definition) is 1. The Balaban J connectivity index is 0.000000130. The molecule has 2 aromatic heterocycles. The molecule has 2 nitrogen and oxygen atoms in total. The van der Waals surface area contributed by atoms with Crippen molar-refractivity contribution >= 4 is 121 Å². The number of para-hydroxylation sites is 2. The molecule has 0 atom stereocenters. The van der Waals surface area contributed by atoms with Gasteiger partial charge in [0.15, 0.2) is 0 Å². The van der Waals surface area contributed by atoms with Crippen LogP contribution in [0.15, 0.2) is 194 Å². The van der Waals surface area contributed by atoms with Gasteiger partial charge in [-0.05, 0) is 104 Å². The second-order valence-electron chi connectivity index (χ2n) is 14.4. The molecule has 12 rings (SSSR count). The van der Waals surface area contributed by atoms with Crippen LogP contribution < -0.4 is 4.90 Å². The van der Waals surface area contributed by atoms with Gasteiger partial charge >= 0.3 is 0 Å². The van der Waals surface area contributed by atoms with Gasteiger partial charge in [0.25, 0.3) is 0 Å². The zero-order chi connectivity index (χ0) is 37.3. The molecule has 4 heteroatoms. The molecule has 0 bridgehead atoms. The number of aromatic nitrogens is 1. The van der Waals surface area contributed by atoms with Gasteiger partial charge in [-0.25, -0.2) is 0 Å². The maximum atomic E-state index is 6.63. The molecule has 0 saturated heterocycles.